The Morgan fingerprint density at radius 2 is 1.74 bits per heavy atom. The summed E-state index contributed by atoms with van der Waals surface area (Å²) in [5.74, 6) is 0.593. The Morgan fingerprint density at radius 3 is 2.63 bits per heavy atom. The van der Waals surface area contributed by atoms with Crippen molar-refractivity contribution in [1.29, 1.82) is 0 Å². The first-order valence-electron chi connectivity index (χ1n) is 6.50. The minimum Gasteiger partial charge on any atom is -0.384 e. The van der Waals surface area contributed by atoms with Crippen LogP contribution in [0.2, 0.25) is 0 Å². The third-order valence-electron chi connectivity index (χ3n) is 3.41. The highest BCUT2D eigenvalue weighted by Gasteiger charge is 2.01. The second-order valence-electron chi connectivity index (χ2n) is 4.73. The molecule has 0 bridgehead atoms. The van der Waals surface area contributed by atoms with E-state index in [-0.39, 0.29) is 0 Å². The van der Waals surface area contributed by atoms with E-state index in [0.717, 1.165) is 12.8 Å². The van der Waals surface area contributed by atoms with Gasteiger partial charge in [-0.2, -0.15) is 0 Å². The smallest absolute Gasteiger partial charge is 0.123 e. The summed E-state index contributed by atoms with van der Waals surface area (Å²) in [7, 11) is 0. The number of pyridine rings is 1. The normalized spacial score (nSPS) is 10.7. The molecule has 19 heavy (non-hydrogen) atoms. The number of rotatable bonds is 3. The molecule has 94 valence electrons. The maximum Gasteiger partial charge on any atom is 0.123 e. The molecule has 0 amide bonds. The number of hydrogen-bond acceptors (Lipinski definition) is 2. The fourth-order valence-electron chi connectivity index (χ4n) is 2.44. The van der Waals surface area contributed by atoms with E-state index in [1.54, 1.807) is 6.20 Å². The van der Waals surface area contributed by atoms with Crippen LogP contribution in [0.1, 0.15) is 11.1 Å². The van der Waals surface area contributed by atoms with Crippen LogP contribution in [0.4, 0.5) is 5.82 Å². The molecule has 0 atom stereocenters. The Morgan fingerprint density at radius 1 is 0.895 bits per heavy atom. The first-order valence-corrected chi connectivity index (χ1v) is 6.50. The molecule has 1 aromatic heterocycles. The van der Waals surface area contributed by atoms with Crippen molar-refractivity contribution in [3.8, 4) is 0 Å². The van der Waals surface area contributed by atoms with Crippen LogP contribution in [0.25, 0.3) is 10.8 Å². The van der Waals surface area contributed by atoms with Crippen molar-refractivity contribution in [3.63, 3.8) is 0 Å². The van der Waals surface area contributed by atoms with Gasteiger partial charge in [-0.1, -0.05) is 42.5 Å². The molecular weight excluding hydrogens is 232 g/mol. The van der Waals surface area contributed by atoms with Crippen LogP contribution in [-0.2, 0) is 12.8 Å². The van der Waals surface area contributed by atoms with Gasteiger partial charge in [-0.15, -0.1) is 0 Å². The molecule has 3 aromatic rings. The van der Waals surface area contributed by atoms with Crippen molar-refractivity contribution in [2.45, 2.75) is 12.8 Å². The number of hydrogen-bond donors (Lipinski definition) is 1. The van der Waals surface area contributed by atoms with Gasteiger partial charge in [0.2, 0.25) is 0 Å². The maximum atomic E-state index is 5.71. The van der Waals surface area contributed by atoms with Gasteiger partial charge in [0.15, 0.2) is 0 Å². The van der Waals surface area contributed by atoms with Crippen LogP contribution in [-0.4, -0.2) is 4.98 Å². The molecular formula is C17H16N2. The van der Waals surface area contributed by atoms with E-state index in [1.165, 1.54) is 21.9 Å². The summed E-state index contributed by atoms with van der Waals surface area (Å²) < 4.78 is 0. The first-order chi connectivity index (χ1) is 9.33. The lowest BCUT2D eigenvalue weighted by atomic mass is 9.99. The summed E-state index contributed by atoms with van der Waals surface area (Å²) in [5.41, 5.74) is 8.33. The average molecular weight is 248 g/mol. The average Bonchev–Trinajstić information content (AvgIpc) is 2.45. The Hall–Kier alpha value is -2.35. The number of nitrogens with zero attached hydrogens (tertiary/aromatic N) is 1. The highest BCUT2D eigenvalue weighted by molar-refractivity contribution is 5.85. The largest absolute Gasteiger partial charge is 0.384 e. The molecule has 0 aliphatic carbocycles. The van der Waals surface area contributed by atoms with Crippen molar-refractivity contribution in [3.05, 3.63) is 71.9 Å². The van der Waals surface area contributed by atoms with Gasteiger partial charge in [0.1, 0.15) is 5.82 Å². The van der Waals surface area contributed by atoms with E-state index < -0.39 is 0 Å². The summed E-state index contributed by atoms with van der Waals surface area (Å²) in [6.45, 7) is 0. The Balaban J connectivity index is 1.86. The fourth-order valence-corrected chi connectivity index (χ4v) is 2.44. The number of anilines is 1. The second-order valence-corrected chi connectivity index (χ2v) is 4.73. The zero-order valence-corrected chi connectivity index (χ0v) is 10.7. The first kappa shape index (κ1) is 11.7. The predicted molar refractivity (Wildman–Crippen MR) is 80.0 cm³/mol. The lowest BCUT2D eigenvalue weighted by Gasteiger charge is -2.07. The lowest BCUT2D eigenvalue weighted by molar-refractivity contribution is 0.965. The van der Waals surface area contributed by atoms with E-state index in [2.05, 4.69) is 47.4 Å². The Bertz CT molecular complexity index is 699. The molecule has 0 saturated heterocycles. The molecule has 0 aliphatic rings. The molecule has 0 aliphatic heterocycles. The van der Waals surface area contributed by atoms with Crippen molar-refractivity contribution in [1.82, 2.24) is 4.98 Å². The van der Waals surface area contributed by atoms with Crippen LogP contribution in [0.15, 0.2) is 60.8 Å². The number of benzene rings is 2. The molecule has 0 radical (unpaired) electrons. The quantitative estimate of drug-likeness (QED) is 0.769. The van der Waals surface area contributed by atoms with Gasteiger partial charge in [0, 0.05) is 6.20 Å². The molecule has 0 saturated carbocycles. The minimum atomic E-state index is 0.593. The molecule has 1 heterocycles. The lowest BCUT2D eigenvalue weighted by Crippen LogP contribution is -1.95. The van der Waals surface area contributed by atoms with Gasteiger partial charge >= 0.3 is 0 Å². The SMILES string of the molecule is Nc1cc(CCc2cccc3ccccc23)ccn1. The second kappa shape index (κ2) is 5.11. The number of nitrogens with two attached hydrogens (primary N) is 1. The Kier molecular flexibility index (Phi) is 3.15. The number of aromatic nitrogens is 1. The van der Waals surface area contributed by atoms with Gasteiger partial charge in [-0.3, -0.25) is 0 Å². The topological polar surface area (TPSA) is 38.9 Å². The van der Waals surface area contributed by atoms with E-state index in [9.17, 15) is 0 Å². The summed E-state index contributed by atoms with van der Waals surface area (Å²) in [5, 5.41) is 2.64. The molecule has 0 unspecified atom stereocenters. The molecule has 2 nitrogen and oxygen atoms in total. The Labute approximate surface area is 112 Å². The molecule has 2 heteroatoms. The van der Waals surface area contributed by atoms with Gasteiger partial charge in [0.05, 0.1) is 0 Å². The number of fused-ring (bicyclic) bond motifs is 1. The summed E-state index contributed by atoms with van der Waals surface area (Å²) in [6, 6.07) is 19.0. The highest BCUT2D eigenvalue weighted by Crippen LogP contribution is 2.20. The fraction of sp³-hybridized carbons (Fsp3) is 0.118. The van der Waals surface area contributed by atoms with Crippen LogP contribution < -0.4 is 5.73 Å². The van der Waals surface area contributed by atoms with Crippen molar-refractivity contribution < 1.29 is 0 Å². The zero-order chi connectivity index (χ0) is 13.1. The molecule has 3 rings (SSSR count). The maximum absolute atomic E-state index is 5.71. The summed E-state index contributed by atoms with van der Waals surface area (Å²) in [6.07, 6.45) is 3.78. The third-order valence-corrected chi connectivity index (χ3v) is 3.41. The monoisotopic (exact) mass is 248 g/mol. The molecule has 0 spiro atoms. The van der Waals surface area contributed by atoms with Gasteiger partial charge in [-0.05, 0) is 46.9 Å². The van der Waals surface area contributed by atoms with Gasteiger partial charge in [-0.25, -0.2) is 4.98 Å². The minimum absolute atomic E-state index is 0.593. The van der Waals surface area contributed by atoms with Crippen LogP contribution in [0, 0.1) is 0 Å². The predicted octanol–water partition coefficient (Wildman–Crippen LogP) is 3.60. The molecule has 0 fully saturated rings. The molecule has 2 aromatic carbocycles. The number of aryl methyl sites for hydroxylation is 2. The van der Waals surface area contributed by atoms with Crippen LogP contribution in [0.5, 0.6) is 0 Å². The summed E-state index contributed by atoms with van der Waals surface area (Å²) in [4.78, 5) is 4.02. The van der Waals surface area contributed by atoms with E-state index in [4.69, 9.17) is 5.73 Å². The standard InChI is InChI=1S/C17H16N2/c18-17-12-13(10-11-19-17)8-9-15-6-3-5-14-4-1-2-7-16(14)15/h1-7,10-12H,8-9H2,(H2,18,19). The van der Waals surface area contributed by atoms with Crippen LogP contribution in [0.3, 0.4) is 0 Å². The zero-order valence-electron chi connectivity index (χ0n) is 10.7. The van der Waals surface area contributed by atoms with E-state index in [1.807, 2.05) is 12.1 Å². The molecule has 2 N–H and O–H groups in total. The van der Waals surface area contributed by atoms with Crippen molar-refractivity contribution in [2.24, 2.45) is 0 Å². The van der Waals surface area contributed by atoms with Gasteiger partial charge < -0.3 is 5.73 Å². The van der Waals surface area contributed by atoms with Crippen molar-refractivity contribution >= 4 is 16.6 Å². The number of nitrogen functional groups attached to an aromatic ring is 1. The highest BCUT2D eigenvalue weighted by atomic mass is 14.8. The van der Waals surface area contributed by atoms with E-state index >= 15 is 0 Å². The van der Waals surface area contributed by atoms with Crippen LogP contribution >= 0.6 is 0 Å². The van der Waals surface area contributed by atoms with Gasteiger partial charge in [0.25, 0.3) is 0 Å². The summed E-state index contributed by atoms with van der Waals surface area (Å²) >= 11 is 0. The third kappa shape index (κ3) is 2.58. The van der Waals surface area contributed by atoms with E-state index in [0.29, 0.717) is 5.82 Å². The van der Waals surface area contributed by atoms with Crippen molar-refractivity contribution in [2.75, 3.05) is 5.73 Å².